The van der Waals surface area contributed by atoms with Crippen LogP contribution in [0.2, 0.25) is 0 Å². The predicted molar refractivity (Wildman–Crippen MR) is 130 cm³/mol. The maximum atomic E-state index is 13.7. The number of carbonyl (C=O) groups is 2. The zero-order chi connectivity index (χ0) is 22.6. The van der Waals surface area contributed by atoms with Gasteiger partial charge in [-0.1, -0.05) is 55.3 Å². The van der Waals surface area contributed by atoms with Crippen LogP contribution >= 0.6 is 0 Å². The van der Waals surface area contributed by atoms with E-state index in [1.54, 1.807) is 0 Å². The zero-order valence-electron chi connectivity index (χ0n) is 19.4. The quantitative estimate of drug-likeness (QED) is 0.751. The van der Waals surface area contributed by atoms with Crippen molar-refractivity contribution in [3.8, 4) is 0 Å². The van der Waals surface area contributed by atoms with Crippen LogP contribution in [0.25, 0.3) is 0 Å². The number of carbonyl (C=O) groups excluding carboxylic acids is 2. The number of nitrogens with one attached hydrogen (secondary N) is 1. The van der Waals surface area contributed by atoms with Gasteiger partial charge < -0.3 is 10.2 Å². The van der Waals surface area contributed by atoms with Gasteiger partial charge in [-0.15, -0.1) is 0 Å². The Morgan fingerprint density at radius 1 is 0.818 bits per heavy atom. The fourth-order valence-electron chi connectivity index (χ4n) is 6.08. The number of rotatable bonds is 5. The molecule has 2 aromatic carbocycles. The third-order valence-electron chi connectivity index (χ3n) is 7.82. The monoisotopic (exact) mass is 445 g/mol. The molecule has 0 aromatic heterocycles. The van der Waals surface area contributed by atoms with Gasteiger partial charge in [0, 0.05) is 31.7 Å². The molecule has 33 heavy (non-hydrogen) atoms. The van der Waals surface area contributed by atoms with E-state index in [9.17, 15) is 9.59 Å². The van der Waals surface area contributed by atoms with Crippen LogP contribution in [-0.4, -0.2) is 53.8 Å². The summed E-state index contributed by atoms with van der Waals surface area (Å²) in [7, 11) is 0. The molecule has 174 valence electrons. The van der Waals surface area contributed by atoms with Gasteiger partial charge in [0.15, 0.2) is 0 Å². The number of fused-ring (bicyclic) bond motifs is 1. The number of amides is 2. The molecule has 0 bridgehead atoms. The molecule has 1 saturated carbocycles. The number of benzene rings is 2. The molecule has 1 saturated heterocycles. The Bertz CT molecular complexity index is 962. The predicted octanol–water partition coefficient (Wildman–Crippen LogP) is 4.20. The Balaban J connectivity index is 1.27. The summed E-state index contributed by atoms with van der Waals surface area (Å²) in [5, 5.41) is 3.45. The molecule has 1 heterocycles. The fraction of sp³-hybridized carbons (Fsp3) is 0.500. The average molecular weight is 446 g/mol. The van der Waals surface area contributed by atoms with Crippen molar-refractivity contribution in [1.29, 1.82) is 0 Å². The first-order valence-corrected chi connectivity index (χ1v) is 12.7. The standard InChI is InChI=1S/C28H35N3O2/c32-27(29-25-16-8-14-21-9-6-7-15-24(21)25)26(22-10-4-5-11-22)30-17-19-31(20-18-30)28(33)23-12-2-1-3-13-23/h1-3,6-7,9,12-13,15,22,25-26H,4-5,8,10-11,14,16-20H2,(H,29,32)/t25-,26-/m1/s1. The van der Waals surface area contributed by atoms with Crippen LogP contribution in [-0.2, 0) is 11.2 Å². The van der Waals surface area contributed by atoms with E-state index in [4.69, 9.17) is 0 Å². The van der Waals surface area contributed by atoms with Crippen molar-refractivity contribution in [1.82, 2.24) is 15.1 Å². The van der Waals surface area contributed by atoms with Crippen molar-refractivity contribution in [2.75, 3.05) is 26.2 Å². The van der Waals surface area contributed by atoms with Gasteiger partial charge in [-0.05, 0) is 61.3 Å². The van der Waals surface area contributed by atoms with Crippen LogP contribution in [0.15, 0.2) is 54.6 Å². The maximum absolute atomic E-state index is 13.7. The molecular weight excluding hydrogens is 410 g/mol. The Hall–Kier alpha value is -2.66. The van der Waals surface area contributed by atoms with E-state index in [0.29, 0.717) is 19.0 Å². The molecule has 5 nitrogen and oxygen atoms in total. The van der Waals surface area contributed by atoms with Gasteiger partial charge in [0.05, 0.1) is 12.1 Å². The third kappa shape index (κ3) is 4.84. The van der Waals surface area contributed by atoms with Gasteiger partial charge in [0.1, 0.15) is 0 Å². The minimum atomic E-state index is -0.0874. The lowest BCUT2D eigenvalue weighted by Crippen LogP contribution is -2.58. The van der Waals surface area contributed by atoms with Gasteiger partial charge in [0.2, 0.25) is 5.91 Å². The largest absolute Gasteiger partial charge is 0.348 e. The van der Waals surface area contributed by atoms with E-state index in [1.807, 2.05) is 35.2 Å². The van der Waals surface area contributed by atoms with Crippen molar-refractivity contribution in [2.45, 2.75) is 57.0 Å². The maximum Gasteiger partial charge on any atom is 0.253 e. The molecule has 0 unspecified atom stereocenters. The summed E-state index contributed by atoms with van der Waals surface area (Å²) in [6.07, 6.45) is 7.92. The highest BCUT2D eigenvalue weighted by molar-refractivity contribution is 5.94. The van der Waals surface area contributed by atoms with Gasteiger partial charge in [-0.2, -0.15) is 0 Å². The van der Waals surface area contributed by atoms with Crippen molar-refractivity contribution < 1.29 is 9.59 Å². The lowest BCUT2D eigenvalue weighted by atomic mass is 9.87. The minimum absolute atomic E-state index is 0.0874. The summed E-state index contributed by atoms with van der Waals surface area (Å²) < 4.78 is 0. The Kier molecular flexibility index (Phi) is 6.77. The van der Waals surface area contributed by atoms with E-state index in [1.165, 1.54) is 24.0 Å². The van der Waals surface area contributed by atoms with Crippen LogP contribution < -0.4 is 5.32 Å². The number of aryl methyl sites for hydroxylation is 1. The molecule has 2 fully saturated rings. The molecule has 0 spiro atoms. The molecular formula is C28H35N3O2. The Morgan fingerprint density at radius 3 is 2.27 bits per heavy atom. The molecule has 0 radical (unpaired) electrons. The topological polar surface area (TPSA) is 52.7 Å². The summed E-state index contributed by atoms with van der Waals surface area (Å²) in [6, 6.07) is 18.1. The van der Waals surface area contributed by atoms with Crippen LogP contribution in [0.1, 0.15) is 66.1 Å². The summed E-state index contributed by atoms with van der Waals surface area (Å²) in [6.45, 7) is 2.87. The molecule has 3 aliphatic rings. The van der Waals surface area contributed by atoms with Crippen LogP contribution in [0.4, 0.5) is 0 Å². The minimum Gasteiger partial charge on any atom is -0.348 e. The summed E-state index contributed by atoms with van der Waals surface area (Å²) in [4.78, 5) is 30.9. The molecule has 1 aliphatic heterocycles. The van der Waals surface area contributed by atoms with E-state index in [-0.39, 0.29) is 23.9 Å². The second-order valence-electron chi connectivity index (χ2n) is 9.84. The molecule has 5 rings (SSSR count). The van der Waals surface area contributed by atoms with Crippen LogP contribution in [0.3, 0.4) is 0 Å². The van der Waals surface area contributed by atoms with E-state index < -0.39 is 0 Å². The van der Waals surface area contributed by atoms with Gasteiger partial charge in [-0.3, -0.25) is 14.5 Å². The number of hydrogen-bond acceptors (Lipinski definition) is 3. The Morgan fingerprint density at radius 2 is 1.52 bits per heavy atom. The first-order chi connectivity index (χ1) is 16.2. The average Bonchev–Trinajstić information content (AvgIpc) is 3.39. The molecule has 2 atom stereocenters. The fourth-order valence-corrected chi connectivity index (χ4v) is 6.08. The normalized spacial score (nSPS) is 22.5. The van der Waals surface area contributed by atoms with Gasteiger partial charge in [0.25, 0.3) is 5.91 Å². The van der Waals surface area contributed by atoms with Gasteiger partial charge >= 0.3 is 0 Å². The first kappa shape index (κ1) is 22.1. The second kappa shape index (κ2) is 10.1. The van der Waals surface area contributed by atoms with Crippen molar-refractivity contribution in [3.63, 3.8) is 0 Å². The lowest BCUT2D eigenvalue weighted by molar-refractivity contribution is -0.130. The highest BCUT2D eigenvalue weighted by Crippen LogP contribution is 2.33. The smallest absolute Gasteiger partial charge is 0.253 e. The lowest BCUT2D eigenvalue weighted by Gasteiger charge is -2.41. The Labute approximate surface area is 197 Å². The van der Waals surface area contributed by atoms with E-state index >= 15 is 0 Å². The zero-order valence-corrected chi connectivity index (χ0v) is 19.4. The van der Waals surface area contributed by atoms with Crippen molar-refractivity contribution in [3.05, 3.63) is 71.3 Å². The number of nitrogens with zero attached hydrogens (tertiary/aromatic N) is 2. The van der Waals surface area contributed by atoms with Crippen LogP contribution in [0.5, 0.6) is 0 Å². The third-order valence-corrected chi connectivity index (χ3v) is 7.82. The SMILES string of the molecule is O=C(N[C@@H]1CCCc2ccccc21)[C@@H](C1CCCC1)N1CCN(C(=O)c2ccccc2)CC1. The molecule has 1 N–H and O–H groups in total. The molecule has 2 aliphatic carbocycles. The van der Waals surface area contributed by atoms with E-state index in [0.717, 1.165) is 50.8 Å². The van der Waals surface area contributed by atoms with Crippen LogP contribution in [0, 0.1) is 5.92 Å². The second-order valence-corrected chi connectivity index (χ2v) is 9.84. The molecule has 2 aromatic rings. The number of hydrogen-bond donors (Lipinski definition) is 1. The first-order valence-electron chi connectivity index (χ1n) is 12.7. The van der Waals surface area contributed by atoms with E-state index in [2.05, 4.69) is 34.5 Å². The molecule has 2 amide bonds. The van der Waals surface area contributed by atoms with Gasteiger partial charge in [-0.25, -0.2) is 0 Å². The summed E-state index contributed by atoms with van der Waals surface area (Å²) in [5.74, 6) is 0.697. The molecule has 5 heteroatoms. The van der Waals surface area contributed by atoms with Crippen molar-refractivity contribution >= 4 is 11.8 Å². The summed E-state index contributed by atoms with van der Waals surface area (Å²) >= 11 is 0. The summed E-state index contributed by atoms with van der Waals surface area (Å²) in [5.41, 5.74) is 3.41. The highest BCUT2D eigenvalue weighted by atomic mass is 16.2. The van der Waals surface area contributed by atoms with Crippen molar-refractivity contribution in [2.24, 2.45) is 5.92 Å². The highest BCUT2D eigenvalue weighted by Gasteiger charge is 2.38. The number of piperazine rings is 1.